The molecule has 0 spiro atoms. The first-order valence-electron chi connectivity index (χ1n) is 13.2. The number of amides is 2. The van der Waals surface area contributed by atoms with Crippen molar-refractivity contribution in [1.29, 1.82) is 0 Å². The normalized spacial score (nSPS) is 14.5. The van der Waals surface area contributed by atoms with Crippen molar-refractivity contribution >= 4 is 50.7 Å². The lowest BCUT2D eigenvalue weighted by Crippen LogP contribution is -2.52. The van der Waals surface area contributed by atoms with E-state index in [4.69, 9.17) is 23.2 Å². The van der Waals surface area contributed by atoms with Gasteiger partial charge in [0, 0.05) is 22.6 Å². The van der Waals surface area contributed by atoms with Crippen molar-refractivity contribution < 1.29 is 18.0 Å². The molecular weight excluding hydrogens is 569 g/mol. The Morgan fingerprint density at radius 3 is 2.23 bits per heavy atom. The van der Waals surface area contributed by atoms with E-state index in [2.05, 4.69) is 5.32 Å². The van der Waals surface area contributed by atoms with Gasteiger partial charge in [-0.05, 0) is 74.7 Å². The third kappa shape index (κ3) is 7.36. The number of sulfonamides is 1. The molecule has 0 heterocycles. The van der Waals surface area contributed by atoms with E-state index in [0.717, 1.165) is 41.1 Å². The molecular formula is C30H33Cl2N3O4S. The predicted molar refractivity (Wildman–Crippen MR) is 159 cm³/mol. The van der Waals surface area contributed by atoms with Crippen LogP contribution in [0.5, 0.6) is 0 Å². The topological polar surface area (TPSA) is 86.8 Å². The lowest BCUT2D eigenvalue weighted by Gasteiger charge is -2.32. The van der Waals surface area contributed by atoms with E-state index in [0.29, 0.717) is 10.0 Å². The third-order valence-corrected chi connectivity index (χ3v) is 9.39. The molecule has 3 aromatic rings. The monoisotopic (exact) mass is 601 g/mol. The molecule has 10 heteroatoms. The maximum Gasteiger partial charge on any atom is 0.264 e. The van der Waals surface area contributed by atoms with Gasteiger partial charge in [0.25, 0.3) is 10.0 Å². The van der Waals surface area contributed by atoms with Gasteiger partial charge in [-0.1, -0.05) is 71.9 Å². The molecule has 0 radical (unpaired) electrons. The first kappa shape index (κ1) is 29.9. The van der Waals surface area contributed by atoms with Crippen LogP contribution in [-0.2, 0) is 26.2 Å². The molecule has 0 saturated heterocycles. The lowest BCUT2D eigenvalue weighted by molar-refractivity contribution is -0.139. The Balaban J connectivity index is 1.68. The van der Waals surface area contributed by atoms with Crippen LogP contribution >= 0.6 is 23.2 Å². The number of nitrogens with one attached hydrogen (secondary N) is 1. The Hall–Kier alpha value is -3.07. The maximum atomic E-state index is 14.0. The molecule has 0 bridgehead atoms. The average molecular weight is 603 g/mol. The minimum atomic E-state index is -4.19. The standard InChI is InChI=1S/C30H33Cl2N3O4S/c1-21-10-12-23(13-11-21)19-34(22(2)30(37)33-26-7-3-4-8-26)29(36)20-35(27-9-5-6-25(32)18-27)40(38,39)28-16-14-24(31)15-17-28/h5-6,9-18,22,26H,3-4,7-8,19-20H2,1-2H3,(H,33,37). The molecule has 1 unspecified atom stereocenters. The Morgan fingerprint density at radius 2 is 1.60 bits per heavy atom. The molecule has 1 fully saturated rings. The maximum absolute atomic E-state index is 14.0. The average Bonchev–Trinajstić information content (AvgIpc) is 3.44. The molecule has 7 nitrogen and oxygen atoms in total. The molecule has 0 aromatic heterocycles. The van der Waals surface area contributed by atoms with Crippen LogP contribution in [0.15, 0.2) is 77.7 Å². The number of carbonyl (C=O) groups excluding carboxylic acids is 2. The van der Waals surface area contributed by atoms with Crippen molar-refractivity contribution in [2.75, 3.05) is 10.8 Å². The molecule has 1 N–H and O–H groups in total. The molecule has 0 aliphatic heterocycles. The number of benzene rings is 3. The van der Waals surface area contributed by atoms with E-state index in [-0.39, 0.29) is 29.1 Å². The second-order valence-corrected chi connectivity index (χ2v) is 12.9. The number of aryl methyl sites for hydroxylation is 1. The highest BCUT2D eigenvalue weighted by Gasteiger charge is 2.33. The Bertz CT molecular complexity index is 1440. The van der Waals surface area contributed by atoms with E-state index < -0.39 is 28.5 Å². The predicted octanol–water partition coefficient (Wildman–Crippen LogP) is 5.97. The second kappa shape index (κ2) is 13.1. The van der Waals surface area contributed by atoms with Gasteiger partial charge in [-0.2, -0.15) is 0 Å². The zero-order chi connectivity index (χ0) is 28.9. The number of rotatable bonds is 10. The van der Waals surface area contributed by atoms with Crippen LogP contribution in [0.3, 0.4) is 0 Å². The van der Waals surface area contributed by atoms with Gasteiger partial charge in [-0.15, -0.1) is 0 Å². The van der Waals surface area contributed by atoms with Crippen LogP contribution in [0.4, 0.5) is 5.69 Å². The van der Waals surface area contributed by atoms with Crippen molar-refractivity contribution in [3.8, 4) is 0 Å². The summed E-state index contributed by atoms with van der Waals surface area (Å²) in [6, 6.07) is 19.0. The van der Waals surface area contributed by atoms with Crippen LogP contribution in [0.1, 0.15) is 43.7 Å². The molecule has 1 saturated carbocycles. The van der Waals surface area contributed by atoms with Crippen LogP contribution in [0.25, 0.3) is 0 Å². The van der Waals surface area contributed by atoms with E-state index in [9.17, 15) is 18.0 Å². The fourth-order valence-corrected chi connectivity index (χ4v) is 6.48. The Labute approximate surface area is 246 Å². The van der Waals surface area contributed by atoms with Crippen LogP contribution < -0.4 is 9.62 Å². The third-order valence-electron chi connectivity index (χ3n) is 7.12. The van der Waals surface area contributed by atoms with Gasteiger partial charge in [0.2, 0.25) is 11.8 Å². The summed E-state index contributed by atoms with van der Waals surface area (Å²) in [5, 5.41) is 3.77. The summed E-state index contributed by atoms with van der Waals surface area (Å²) in [7, 11) is -4.19. The highest BCUT2D eigenvalue weighted by Crippen LogP contribution is 2.28. The quantitative estimate of drug-likeness (QED) is 0.310. The Kier molecular flexibility index (Phi) is 9.77. The summed E-state index contributed by atoms with van der Waals surface area (Å²) in [6.07, 6.45) is 3.93. The fraction of sp³-hybridized carbons (Fsp3) is 0.333. The number of nitrogens with zero attached hydrogens (tertiary/aromatic N) is 2. The largest absolute Gasteiger partial charge is 0.352 e. The van der Waals surface area contributed by atoms with E-state index in [1.54, 1.807) is 25.1 Å². The molecule has 3 aromatic carbocycles. The van der Waals surface area contributed by atoms with Gasteiger partial charge in [0.05, 0.1) is 10.6 Å². The first-order chi connectivity index (χ1) is 19.0. The van der Waals surface area contributed by atoms with Crippen molar-refractivity contribution in [2.45, 2.75) is 63.1 Å². The van der Waals surface area contributed by atoms with Gasteiger partial charge in [0.15, 0.2) is 0 Å². The van der Waals surface area contributed by atoms with Gasteiger partial charge in [0.1, 0.15) is 12.6 Å². The summed E-state index contributed by atoms with van der Waals surface area (Å²) in [5.74, 6) is -0.783. The molecule has 1 aliphatic rings. The number of anilines is 1. The fourth-order valence-electron chi connectivity index (χ4n) is 4.76. The van der Waals surface area contributed by atoms with Gasteiger partial charge in [-0.25, -0.2) is 8.42 Å². The second-order valence-electron chi connectivity index (χ2n) is 10.1. The zero-order valence-electron chi connectivity index (χ0n) is 22.5. The van der Waals surface area contributed by atoms with Crippen LogP contribution in [0.2, 0.25) is 10.0 Å². The van der Waals surface area contributed by atoms with Crippen LogP contribution in [0, 0.1) is 6.92 Å². The summed E-state index contributed by atoms with van der Waals surface area (Å²) < 4.78 is 28.7. The van der Waals surface area contributed by atoms with Crippen molar-refractivity contribution in [2.24, 2.45) is 0 Å². The first-order valence-corrected chi connectivity index (χ1v) is 15.4. The highest BCUT2D eigenvalue weighted by molar-refractivity contribution is 7.92. The number of hydrogen-bond acceptors (Lipinski definition) is 4. The van der Waals surface area contributed by atoms with E-state index >= 15 is 0 Å². The van der Waals surface area contributed by atoms with E-state index in [1.165, 1.54) is 35.2 Å². The SMILES string of the molecule is Cc1ccc(CN(C(=O)CN(c2cccc(Cl)c2)S(=O)(=O)c2ccc(Cl)cc2)C(C)C(=O)NC2CCCC2)cc1. The summed E-state index contributed by atoms with van der Waals surface area (Å²) >= 11 is 12.2. The van der Waals surface area contributed by atoms with Crippen molar-refractivity contribution in [3.63, 3.8) is 0 Å². The minimum Gasteiger partial charge on any atom is -0.352 e. The van der Waals surface area contributed by atoms with Crippen molar-refractivity contribution in [1.82, 2.24) is 10.2 Å². The van der Waals surface area contributed by atoms with E-state index in [1.807, 2.05) is 31.2 Å². The smallest absolute Gasteiger partial charge is 0.264 e. The molecule has 1 aliphatic carbocycles. The number of hydrogen-bond donors (Lipinski definition) is 1. The van der Waals surface area contributed by atoms with Gasteiger partial charge >= 0.3 is 0 Å². The molecule has 1 atom stereocenters. The molecule has 212 valence electrons. The van der Waals surface area contributed by atoms with Crippen LogP contribution in [-0.4, -0.2) is 43.8 Å². The molecule has 40 heavy (non-hydrogen) atoms. The Morgan fingerprint density at radius 1 is 0.950 bits per heavy atom. The molecule has 4 rings (SSSR count). The minimum absolute atomic E-state index is 0.0261. The number of halogens is 2. The molecule has 2 amide bonds. The summed E-state index contributed by atoms with van der Waals surface area (Å²) in [4.78, 5) is 28.7. The highest BCUT2D eigenvalue weighted by atomic mass is 35.5. The summed E-state index contributed by atoms with van der Waals surface area (Å²) in [6.45, 7) is 3.25. The zero-order valence-corrected chi connectivity index (χ0v) is 24.8. The van der Waals surface area contributed by atoms with Crippen molar-refractivity contribution in [3.05, 3.63) is 94.0 Å². The lowest BCUT2D eigenvalue weighted by atomic mass is 10.1. The number of carbonyl (C=O) groups is 2. The van der Waals surface area contributed by atoms with Gasteiger partial charge in [-0.3, -0.25) is 13.9 Å². The summed E-state index contributed by atoms with van der Waals surface area (Å²) in [5.41, 5.74) is 2.12. The van der Waals surface area contributed by atoms with Gasteiger partial charge < -0.3 is 10.2 Å².